The van der Waals surface area contributed by atoms with Gasteiger partial charge in [-0.3, -0.25) is 4.79 Å². The molecule has 7 nitrogen and oxygen atoms in total. The number of nitrogens with one attached hydrogen (secondary N) is 1. The topological polar surface area (TPSA) is 90.4 Å². The maximum Gasteiger partial charge on any atom is 0.332 e. The van der Waals surface area contributed by atoms with Crippen molar-refractivity contribution < 1.29 is 21.8 Å². The molecule has 41 heavy (non-hydrogen) atoms. The maximum absolute atomic E-state index is 14.2. The van der Waals surface area contributed by atoms with E-state index in [0.717, 1.165) is 36.6 Å². The van der Waals surface area contributed by atoms with Gasteiger partial charge in [0.15, 0.2) is 5.43 Å². The van der Waals surface area contributed by atoms with Gasteiger partial charge in [-0.05, 0) is 61.2 Å². The molecule has 1 aliphatic heterocycles. The van der Waals surface area contributed by atoms with Gasteiger partial charge in [0.05, 0.1) is 27.8 Å². The first kappa shape index (κ1) is 27.1. The molecule has 0 bridgehead atoms. The van der Waals surface area contributed by atoms with E-state index in [1.54, 1.807) is 12.1 Å². The number of terminal acetylenes is 1. The normalized spacial score (nSPS) is 14.6. The lowest BCUT2D eigenvalue weighted by atomic mass is 9.99. The third kappa shape index (κ3) is 4.88. The summed E-state index contributed by atoms with van der Waals surface area (Å²) in [5.74, 6) is 3.09. The Morgan fingerprint density at radius 3 is 2.66 bits per heavy atom. The first-order chi connectivity index (χ1) is 19.8. The fourth-order valence-corrected chi connectivity index (χ4v) is 6.21. The van der Waals surface area contributed by atoms with Crippen molar-refractivity contribution in [1.82, 2.24) is 9.55 Å². The van der Waals surface area contributed by atoms with Crippen LogP contribution in [0.15, 0.2) is 64.3 Å². The van der Waals surface area contributed by atoms with Crippen molar-refractivity contribution in [2.24, 2.45) is 0 Å². The summed E-state index contributed by atoms with van der Waals surface area (Å²) in [6, 6.07) is 14.9. The van der Waals surface area contributed by atoms with Crippen LogP contribution < -0.4 is 10.2 Å². The van der Waals surface area contributed by atoms with E-state index in [4.69, 9.17) is 15.9 Å². The Hall–Kier alpha value is -4.13. The lowest BCUT2D eigenvalue weighted by molar-refractivity contribution is 0.0715. The Balaban J connectivity index is 1.71. The molecule has 5 aromatic rings. The molecule has 0 unspecified atom stereocenters. The number of ether oxygens (including phenoxy) is 2. The SMILES string of the molecule is C#Cc1ccc2c(c1)[nH]c1c2c(=O)c2cc(OCCCC)c(-c3cccc(S(=O)(=O)F)c3)cc2n1C1CCOCC1. The van der Waals surface area contributed by atoms with Crippen molar-refractivity contribution in [3.8, 4) is 29.2 Å². The second-order valence-electron chi connectivity index (χ2n) is 10.3. The highest BCUT2D eigenvalue weighted by molar-refractivity contribution is 7.86. The molecule has 1 N–H and O–H groups in total. The standard InChI is InChI=1S/C32H29FN2O5S/c1-3-5-13-40-29-19-26-28(18-25(29)21-7-6-8-23(17-21)41(33,37)38)35(22-11-14-39-15-12-22)32-30(31(26)36)24-10-9-20(4-2)16-27(24)34-32/h2,6-10,16-19,22,34H,3,5,11-15H2,1H3. The molecule has 2 aromatic heterocycles. The van der Waals surface area contributed by atoms with E-state index in [0.29, 0.717) is 64.2 Å². The van der Waals surface area contributed by atoms with E-state index in [-0.39, 0.29) is 11.5 Å². The van der Waals surface area contributed by atoms with Gasteiger partial charge in [0.1, 0.15) is 11.4 Å². The van der Waals surface area contributed by atoms with Crippen molar-refractivity contribution >= 4 is 43.1 Å². The van der Waals surface area contributed by atoms with E-state index >= 15 is 0 Å². The van der Waals surface area contributed by atoms with Crippen molar-refractivity contribution in [2.75, 3.05) is 19.8 Å². The molecule has 0 spiro atoms. The number of fused-ring (bicyclic) bond motifs is 4. The van der Waals surface area contributed by atoms with Crippen molar-refractivity contribution in [1.29, 1.82) is 0 Å². The van der Waals surface area contributed by atoms with Crippen LogP contribution in [0.4, 0.5) is 3.89 Å². The fourth-order valence-electron chi connectivity index (χ4n) is 5.70. The molecule has 0 amide bonds. The molecular formula is C32H29FN2O5S. The van der Waals surface area contributed by atoms with Crippen LogP contribution in [0.25, 0.3) is 44.0 Å². The van der Waals surface area contributed by atoms with Crippen LogP contribution in [0.2, 0.25) is 0 Å². The van der Waals surface area contributed by atoms with Crippen LogP contribution in [0.5, 0.6) is 5.75 Å². The summed E-state index contributed by atoms with van der Waals surface area (Å²) in [4.78, 5) is 17.2. The van der Waals surface area contributed by atoms with Gasteiger partial charge in [-0.25, -0.2) is 0 Å². The minimum atomic E-state index is -4.92. The summed E-state index contributed by atoms with van der Waals surface area (Å²) in [5.41, 5.74) is 3.72. The molecule has 6 rings (SSSR count). The van der Waals surface area contributed by atoms with Crippen LogP contribution in [-0.2, 0) is 15.0 Å². The number of unbranched alkanes of at least 4 members (excludes halogenated alkanes) is 1. The van der Waals surface area contributed by atoms with Gasteiger partial charge in [0, 0.05) is 41.3 Å². The van der Waals surface area contributed by atoms with E-state index in [1.807, 2.05) is 31.2 Å². The molecule has 0 atom stereocenters. The summed E-state index contributed by atoms with van der Waals surface area (Å²) in [5, 5.41) is 1.83. The number of aromatic nitrogens is 2. The summed E-state index contributed by atoms with van der Waals surface area (Å²) < 4.78 is 51.4. The highest BCUT2D eigenvalue weighted by Gasteiger charge is 2.25. The molecule has 9 heteroatoms. The highest BCUT2D eigenvalue weighted by atomic mass is 32.3. The zero-order valence-electron chi connectivity index (χ0n) is 22.6. The smallest absolute Gasteiger partial charge is 0.332 e. The number of pyridine rings is 1. The Kier molecular flexibility index (Phi) is 7.06. The van der Waals surface area contributed by atoms with E-state index in [2.05, 4.69) is 15.5 Å². The Morgan fingerprint density at radius 2 is 1.93 bits per heavy atom. The zero-order chi connectivity index (χ0) is 28.7. The highest BCUT2D eigenvalue weighted by Crippen LogP contribution is 2.39. The summed E-state index contributed by atoms with van der Waals surface area (Å²) in [6.07, 6.45) is 8.85. The monoisotopic (exact) mass is 572 g/mol. The third-order valence-electron chi connectivity index (χ3n) is 7.75. The molecule has 1 saturated heterocycles. The predicted molar refractivity (Wildman–Crippen MR) is 159 cm³/mol. The van der Waals surface area contributed by atoms with Gasteiger partial charge in [-0.15, -0.1) is 10.3 Å². The van der Waals surface area contributed by atoms with Crippen LogP contribution >= 0.6 is 0 Å². The summed E-state index contributed by atoms with van der Waals surface area (Å²) in [6.45, 7) is 3.63. The second kappa shape index (κ2) is 10.7. The number of nitrogens with zero attached hydrogens (tertiary/aromatic N) is 1. The first-order valence-corrected chi connectivity index (χ1v) is 15.1. The Morgan fingerprint density at radius 1 is 1.12 bits per heavy atom. The zero-order valence-corrected chi connectivity index (χ0v) is 23.4. The van der Waals surface area contributed by atoms with Crippen molar-refractivity contribution in [2.45, 2.75) is 43.5 Å². The predicted octanol–water partition coefficient (Wildman–Crippen LogP) is 6.47. The van der Waals surface area contributed by atoms with Crippen molar-refractivity contribution in [3.63, 3.8) is 0 Å². The van der Waals surface area contributed by atoms with E-state index in [9.17, 15) is 17.1 Å². The second-order valence-corrected chi connectivity index (χ2v) is 11.7. The number of rotatable bonds is 7. The first-order valence-electron chi connectivity index (χ1n) is 13.7. The van der Waals surface area contributed by atoms with Crippen LogP contribution in [-0.4, -0.2) is 37.8 Å². The number of benzene rings is 3. The van der Waals surface area contributed by atoms with Crippen LogP contribution in [0.1, 0.15) is 44.2 Å². The average Bonchev–Trinajstić information content (AvgIpc) is 3.36. The number of aromatic amines is 1. The van der Waals surface area contributed by atoms with E-state index < -0.39 is 15.1 Å². The minimum Gasteiger partial charge on any atom is -0.493 e. The lowest BCUT2D eigenvalue weighted by Crippen LogP contribution is -2.22. The lowest BCUT2D eigenvalue weighted by Gasteiger charge is -2.28. The number of H-pyrrole nitrogens is 1. The van der Waals surface area contributed by atoms with Gasteiger partial charge in [-0.2, -0.15) is 8.42 Å². The number of hydrogen-bond acceptors (Lipinski definition) is 5. The third-order valence-corrected chi connectivity index (χ3v) is 8.57. The molecule has 3 aromatic carbocycles. The van der Waals surface area contributed by atoms with Gasteiger partial charge >= 0.3 is 10.2 Å². The minimum absolute atomic E-state index is 0.0341. The molecule has 0 aliphatic carbocycles. The van der Waals surface area contributed by atoms with Crippen molar-refractivity contribution in [3.05, 3.63) is 70.4 Å². The fraction of sp³-hybridized carbons (Fsp3) is 0.281. The quantitative estimate of drug-likeness (QED) is 0.137. The van der Waals surface area contributed by atoms with Gasteiger partial charge in [0.25, 0.3) is 0 Å². The molecule has 0 radical (unpaired) electrons. The Bertz CT molecular complexity index is 2010. The Labute approximate surface area is 237 Å². The van der Waals surface area contributed by atoms with Crippen LogP contribution in [0.3, 0.4) is 0 Å². The summed E-state index contributed by atoms with van der Waals surface area (Å²) >= 11 is 0. The van der Waals surface area contributed by atoms with Gasteiger partial charge < -0.3 is 19.0 Å². The van der Waals surface area contributed by atoms with E-state index in [1.165, 1.54) is 18.2 Å². The number of halogens is 1. The average molecular weight is 573 g/mol. The van der Waals surface area contributed by atoms with Crippen LogP contribution in [0, 0.1) is 12.3 Å². The molecule has 1 fully saturated rings. The van der Waals surface area contributed by atoms with Gasteiger partial charge in [0.2, 0.25) is 0 Å². The molecular weight excluding hydrogens is 543 g/mol. The maximum atomic E-state index is 14.2. The largest absolute Gasteiger partial charge is 0.493 e. The van der Waals surface area contributed by atoms with Gasteiger partial charge in [-0.1, -0.05) is 37.5 Å². The molecule has 3 heterocycles. The molecule has 210 valence electrons. The molecule has 0 saturated carbocycles. The number of hydrogen-bond donors (Lipinski definition) is 1. The summed E-state index contributed by atoms with van der Waals surface area (Å²) in [7, 11) is -4.92. The molecule has 1 aliphatic rings.